The maximum atomic E-state index is 11.7. The summed E-state index contributed by atoms with van der Waals surface area (Å²) in [6.45, 7) is 7.04. The minimum Gasteiger partial charge on any atom is -0.445 e. The van der Waals surface area contributed by atoms with E-state index in [-0.39, 0.29) is 12.1 Å². The Kier molecular flexibility index (Phi) is 6.25. The first-order chi connectivity index (χ1) is 10.5. The summed E-state index contributed by atoms with van der Waals surface area (Å²) in [5.74, 6) is 0.712. The summed E-state index contributed by atoms with van der Waals surface area (Å²) in [6.07, 6.45) is 2.85. The van der Waals surface area contributed by atoms with Crippen molar-refractivity contribution in [3.63, 3.8) is 0 Å². The number of amides is 1. The summed E-state index contributed by atoms with van der Waals surface area (Å²) in [6, 6.07) is 11.0. The highest BCUT2D eigenvalue weighted by Crippen LogP contribution is 2.21. The lowest BCUT2D eigenvalue weighted by Gasteiger charge is -2.38. The van der Waals surface area contributed by atoms with Crippen LogP contribution in [0.2, 0.25) is 0 Å². The van der Waals surface area contributed by atoms with Gasteiger partial charge in [-0.2, -0.15) is 0 Å². The Hall–Kier alpha value is -1.55. The summed E-state index contributed by atoms with van der Waals surface area (Å²) in [7, 11) is 0. The predicted octanol–water partition coefficient (Wildman–Crippen LogP) is 3.47. The van der Waals surface area contributed by atoms with Gasteiger partial charge in [0, 0.05) is 18.1 Å². The molecule has 22 heavy (non-hydrogen) atoms. The number of carbonyl (C=O) groups is 1. The van der Waals surface area contributed by atoms with Gasteiger partial charge in [-0.1, -0.05) is 44.2 Å². The Morgan fingerprint density at radius 3 is 2.50 bits per heavy atom. The maximum absolute atomic E-state index is 11.7. The number of alkyl carbamates (subject to hydrolysis) is 1. The predicted molar refractivity (Wildman–Crippen MR) is 88.6 cm³/mol. The molecule has 2 N–H and O–H groups in total. The zero-order chi connectivity index (χ0) is 15.9. The summed E-state index contributed by atoms with van der Waals surface area (Å²) < 4.78 is 5.23. The van der Waals surface area contributed by atoms with Gasteiger partial charge in [-0.3, -0.25) is 0 Å². The van der Waals surface area contributed by atoms with Crippen molar-refractivity contribution in [2.24, 2.45) is 5.92 Å². The lowest BCUT2D eigenvalue weighted by Crippen LogP contribution is -2.54. The molecule has 4 nitrogen and oxygen atoms in total. The van der Waals surface area contributed by atoms with Crippen molar-refractivity contribution in [1.82, 2.24) is 10.6 Å². The summed E-state index contributed by atoms with van der Waals surface area (Å²) in [4.78, 5) is 11.7. The third-order valence-corrected chi connectivity index (χ3v) is 4.02. The van der Waals surface area contributed by atoms with Crippen LogP contribution < -0.4 is 10.6 Å². The van der Waals surface area contributed by atoms with E-state index in [0.29, 0.717) is 24.6 Å². The van der Waals surface area contributed by atoms with Crippen molar-refractivity contribution in [2.75, 3.05) is 0 Å². The third kappa shape index (κ3) is 5.68. The van der Waals surface area contributed by atoms with E-state index in [4.69, 9.17) is 4.74 Å². The monoisotopic (exact) mass is 304 g/mol. The number of nitrogens with one attached hydrogen (secondary N) is 2. The van der Waals surface area contributed by atoms with Gasteiger partial charge >= 0.3 is 6.09 Å². The van der Waals surface area contributed by atoms with Crippen LogP contribution in [0.3, 0.4) is 0 Å². The molecular weight excluding hydrogens is 276 g/mol. The molecule has 1 aromatic rings. The third-order valence-electron chi connectivity index (χ3n) is 4.02. The lowest BCUT2D eigenvalue weighted by atomic mass is 9.86. The number of carbonyl (C=O) groups excluding carboxylic acids is 1. The van der Waals surface area contributed by atoms with Gasteiger partial charge in [-0.15, -0.1) is 0 Å². The number of rotatable bonds is 7. The van der Waals surface area contributed by atoms with Gasteiger partial charge in [0.15, 0.2) is 0 Å². The normalized spacial score (nSPS) is 22.0. The van der Waals surface area contributed by atoms with Gasteiger partial charge in [0.25, 0.3) is 0 Å². The molecular formula is C18H28N2O2. The zero-order valence-corrected chi connectivity index (χ0v) is 13.8. The Morgan fingerprint density at radius 2 is 1.86 bits per heavy atom. The van der Waals surface area contributed by atoms with Crippen LogP contribution in [0.25, 0.3) is 0 Å². The van der Waals surface area contributed by atoms with Crippen molar-refractivity contribution in [1.29, 1.82) is 0 Å². The topological polar surface area (TPSA) is 50.4 Å². The molecule has 1 amide bonds. The van der Waals surface area contributed by atoms with Crippen molar-refractivity contribution in [3.8, 4) is 0 Å². The van der Waals surface area contributed by atoms with Gasteiger partial charge in [-0.25, -0.2) is 4.79 Å². The molecule has 1 aliphatic carbocycles. The molecule has 1 fully saturated rings. The van der Waals surface area contributed by atoms with E-state index < -0.39 is 0 Å². The molecule has 1 atom stereocenters. The first-order valence-corrected chi connectivity index (χ1v) is 8.26. The van der Waals surface area contributed by atoms with Gasteiger partial charge < -0.3 is 15.4 Å². The Bertz CT molecular complexity index is 455. The van der Waals surface area contributed by atoms with Gasteiger partial charge in [0.1, 0.15) is 6.61 Å². The minimum atomic E-state index is -0.317. The van der Waals surface area contributed by atoms with Crippen LogP contribution in [-0.2, 0) is 11.3 Å². The van der Waals surface area contributed by atoms with Gasteiger partial charge in [0.2, 0.25) is 0 Å². The molecule has 0 aromatic heterocycles. The molecule has 1 aliphatic rings. The maximum Gasteiger partial charge on any atom is 0.407 e. The molecule has 4 heteroatoms. The average molecular weight is 304 g/mol. The molecule has 1 aromatic carbocycles. The van der Waals surface area contributed by atoms with Crippen molar-refractivity contribution < 1.29 is 9.53 Å². The fraction of sp³-hybridized carbons (Fsp3) is 0.611. The zero-order valence-electron chi connectivity index (χ0n) is 13.8. The van der Waals surface area contributed by atoms with E-state index >= 15 is 0 Å². The summed E-state index contributed by atoms with van der Waals surface area (Å²) in [5.41, 5.74) is 1.01. The van der Waals surface area contributed by atoms with Crippen LogP contribution in [0.4, 0.5) is 4.79 Å². The van der Waals surface area contributed by atoms with Crippen LogP contribution in [0.15, 0.2) is 30.3 Å². The Labute approximate surface area is 133 Å². The fourth-order valence-electron chi connectivity index (χ4n) is 2.98. The highest BCUT2D eigenvalue weighted by atomic mass is 16.5. The second kappa shape index (κ2) is 8.18. The largest absolute Gasteiger partial charge is 0.445 e. The quantitative estimate of drug-likeness (QED) is 0.811. The van der Waals surface area contributed by atoms with E-state index in [1.807, 2.05) is 30.3 Å². The molecule has 0 bridgehead atoms. The van der Waals surface area contributed by atoms with E-state index in [9.17, 15) is 4.79 Å². The Morgan fingerprint density at radius 1 is 1.18 bits per heavy atom. The molecule has 0 spiro atoms. The second-order valence-electron chi connectivity index (χ2n) is 6.77. The average Bonchev–Trinajstić information content (AvgIpc) is 2.43. The van der Waals surface area contributed by atoms with E-state index in [1.54, 1.807) is 0 Å². The van der Waals surface area contributed by atoms with Crippen molar-refractivity contribution >= 4 is 6.09 Å². The molecule has 0 radical (unpaired) electrons. The highest BCUT2D eigenvalue weighted by molar-refractivity contribution is 5.67. The first-order valence-electron chi connectivity index (χ1n) is 8.26. The molecule has 0 aliphatic heterocycles. The summed E-state index contributed by atoms with van der Waals surface area (Å²) in [5, 5.41) is 6.55. The standard InChI is InChI=1S/C18H28N2O2/c1-13(2)9-14(3)19-16-10-17(11-16)20-18(21)22-12-15-7-5-4-6-8-15/h4-8,13-14,16-17,19H,9-12H2,1-3H3,(H,20,21). The Balaban J connectivity index is 1.58. The van der Waals surface area contributed by atoms with Crippen LogP contribution in [-0.4, -0.2) is 24.2 Å². The molecule has 1 saturated carbocycles. The minimum absolute atomic E-state index is 0.243. The van der Waals surface area contributed by atoms with Crippen LogP contribution >= 0.6 is 0 Å². The molecule has 1 unspecified atom stereocenters. The molecule has 0 saturated heterocycles. The number of hydrogen-bond acceptors (Lipinski definition) is 3. The molecule has 122 valence electrons. The highest BCUT2D eigenvalue weighted by Gasteiger charge is 2.31. The van der Waals surface area contributed by atoms with Crippen LogP contribution in [0.1, 0.15) is 45.6 Å². The smallest absolute Gasteiger partial charge is 0.407 e. The van der Waals surface area contributed by atoms with E-state index in [1.165, 1.54) is 6.42 Å². The van der Waals surface area contributed by atoms with E-state index in [2.05, 4.69) is 31.4 Å². The van der Waals surface area contributed by atoms with E-state index in [0.717, 1.165) is 18.4 Å². The fourth-order valence-corrected chi connectivity index (χ4v) is 2.98. The molecule has 0 heterocycles. The van der Waals surface area contributed by atoms with Gasteiger partial charge in [0.05, 0.1) is 0 Å². The van der Waals surface area contributed by atoms with Crippen LogP contribution in [0.5, 0.6) is 0 Å². The van der Waals surface area contributed by atoms with Crippen LogP contribution in [0, 0.1) is 5.92 Å². The SMILES string of the molecule is CC(C)CC(C)NC1CC(NC(=O)OCc2ccccc2)C1. The summed E-state index contributed by atoms with van der Waals surface area (Å²) >= 11 is 0. The molecule has 2 rings (SSSR count). The number of ether oxygens (including phenoxy) is 1. The van der Waals surface area contributed by atoms with Crippen molar-refractivity contribution in [3.05, 3.63) is 35.9 Å². The number of benzene rings is 1. The number of hydrogen-bond donors (Lipinski definition) is 2. The lowest BCUT2D eigenvalue weighted by molar-refractivity contribution is 0.124. The first kappa shape index (κ1) is 16.8. The van der Waals surface area contributed by atoms with Crippen molar-refractivity contribution in [2.45, 2.75) is 64.8 Å². The second-order valence-corrected chi connectivity index (χ2v) is 6.77. The van der Waals surface area contributed by atoms with Gasteiger partial charge in [-0.05, 0) is 37.7 Å².